The first-order valence-electron chi connectivity index (χ1n) is 6.65. The van der Waals surface area contributed by atoms with Gasteiger partial charge in [-0.15, -0.1) is 0 Å². The third-order valence-electron chi connectivity index (χ3n) is 3.58. The van der Waals surface area contributed by atoms with Crippen LogP contribution in [0.3, 0.4) is 0 Å². The van der Waals surface area contributed by atoms with Crippen LogP contribution in [0, 0.1) is 11.8 Å². The number of hydrogen-bond donors (Lipinski definition) is 0. The fourth-order valence-corrected chi connectivity index (χ4v) is 5.17. The minimum absolute atomic E-state index is 0.0906. The lowest BCUT2D eigenvalue weighted by Crippen LogP contribution is -2.42. The van der Waals surface area contributed by atoms with Crippen molar-refractivity contribution < 1.29 is 16.8 Å². The van der Waals surface area contributed by atoms with Crippen molar-refractivity contribution >= 4 is 29.8 Å². The zero-order chi connectivity index (χ0) is 15.8. The quantitative estimate of drug-likeness (QED) is 0.783. The molecule has 2 atom stereocenters. The third-order valence-corrected chi connectivity index (χ3v) is 6.79. The normalized spacial score (nSPS) is 24.9. The second-order valence-corrected chi connectivity index (χ2v) is 10.2. The topological polar surface area (TPSA) is 71.5 Å². The molecule has 1 aromatic rings. The number of benzene rings is 1. The maximum Gasteiger partial charge on any atom is 0.261 e. The molecule has 21 heavy (non-hydrogen) atoms. The lowest BCUT2D eigenvalue weighted by Gasteiger charge is -2.34. The first kappa shape index (κ1) is 16.7. The molecule has 1 heterocycles. The molecular formula is C13H18ClNO4S2. The van der Waals surface area contributed by atoms with Gasteiger partial charge < -0.3 is 0 Å². The SMILES string of the molecule is C[C@H]1C[C@H](C)CN(S(=O)(=O)c2ccc(S(=O)(=O)Cl)cc2)C1. The first-order chi connectivity index (χ1) is 9.60. The highest BCUT2D eigenvalue weighted by Crippen LogP contribution is 2.27. The van der Waals surface area contributed by atoms with Gasteiger partial charge in [-0.25, -0.2) is 16.8 Å². The largest absolute Gasteiger partial charge is 0.261 e. The van der Waals surface area contributed by atoms with Crippen molar-refractivity contribution in [2.45, 2.75) is 30.1 Å². The number of hydrogen-bond acceptors (Lipinski definition) is 4. The Balaban J connectivity index is 2.31. The Hall–Kier alpha value is -0.630. The molecule has 8 heteroatoms. The summed E-state index contributed by atoms with van der Waals surface area (Å²) < 4.78 is 49.0. The van der Waals surface area contributed by atoms with E-state index >= 15 is 0 Å². The Morgan fingerprint density at radius 3 is 1.81 bits per heavy atom. The number of nitrogens with zero attached hydrogens (tertiary/aromatic N) is 1. The molecule has 0 radical (unpaired) electrons. The Morgan fingerprint density at radius 1 is 0.952 bits per heavy atom. The van der Waals surface area contributed by atoms with Crippen molar-refractivity contribution in [3.8, 4) is 0 Å². The lowest BCUT2D eigenvalue weighted by atomic mass is 9.94. The third kappa shape index (κ3) is 3.77. The molecule has 1 saturated heterocycles. The van der Waals surface area contributed by atoms with E-state index in [9.17, 15) is 16.8 Å². The van der Waals surface area contributed by atoms with E-state index in [0.29, 0.717) is 24.9 Å². The molecule has 0 unspecified atom stereocenters. The number of halogens is 1. The molecule has 0 aliphatic carbocycles. The minimum Gasteiger partial charge on any atom is -0.207 e. The number of piperidine rings is 1. The van der Waals surface area contributed by atoms with Crippen LogP contribution in [0.2, 0.25) is 0 Å². The average Bonchev–Trinajstić information content (AvgIpc) is 2.36. The van der Waals surface area contributed by atoms with Gasteiger partial charge in [0.05, 0.1) is 9.79 Å². The minimum atomic E-state index is -3.84. The van der Waals surface area contributed by atoms with Crippen LogP contribution in [0.4, 0.5) is 0 Å². The Morgan fingerprint density at radius 2 is 1.38 bits per heavy atom. The zero-order valence-corrected chi connectivity index (χ0v) is 14.2. The molecule has 0 bridgehead atoms. The summed E-state index contributed by atoms with van der Waals surface area (Å²) in [5.41, 5.74) is 0. The standard InChI is InChI=1S/C13H18ClNO4S2/c1-10-7-11(2)9-15(8-10)21(18,19)13-5-3-12(4-6-13)20(14,16)17/h3-6,10-11H,7-9H2,1-2H3/t10-,11-/m0/s1. The van der Waals surface area contributed by atoms with E-state index in [2.05, 4.69) is 0 Å². The van der Waals surface area contributed by atoms with E-state index in [-0.39, 0.29) is 9.79 Å². The van der Waals surface area contributed by atoms with Gasteiger partial charge in [0, 0.05) is 23.8 Å². The predicted octanol–water partition coefficient (Wildman–Crippen LogP) is 2.28. The van der Waals surface area contributed by atoms with E-state index in [4.69, 9.17) is 10.7 Å². The zero-order valence-electron chi connectivity index (χ0n) is 11.9. The van der Waals surface area contributed by atoms with Crippen LogP contribution < -0.4 is 0 Å². The fraction of sp³-hybridized carbons (Fsp3) is 0.538. The van der Waals surface area contributed by atoms with Crippen molar-refractivity contribution in [1.82, 2.24) is 4.31 Å². The highest BCUT2D eigenvalue weighted by atomic mass is 35.7. The highest BCUT2D eigenvalue weighted by Gasteiger charge is 2.31. The van der Waals surface area contributed by atoms with Crippen LogP contribution in [-0.2, 0) is 19.1 Å². The van der Waals surface area contributed by atoms with Gasteiger partial charge in [0.15, 0.2) is 0 Å². The Kier molecular flexibility index (Phi) is 4.68. The van der Waals surface area contributed by atoms with Gasteiger partial charge in [0.2, 0.25) is 10.0 Å². The van der Waals surface area contributed by atoms with Crippen molar-refractivity contribution in [2.24, 2.45) is 11.8 Å². The van der Waals surface area contributed by atoms with Crippen LogP contribution >= 0.6 is 10.7 Å². The molecule has 1 aliphatic heterocycles. The summed E-state index contributed by atoms with van der Waals surface area (Å²) in [6.07, 6.45) is 1.01. The molecule has 1 aromatic carbocycles. The van der Waals surface area contributed by atoms with Gasteiger partial charge in [-0.2, -0.15) is 4.31 Å². The highest BCUT2D eigenvalue weighted by molar-refractivity contribution is 8.13. The monoisotopic (exact) mass is 351 g/mol. The van der Waals surface area contributed by atoms with Crippen molar-refractivity contribution in [2.75, 3.05) is 13.1 Å². The Bertz CT molecular complexity index is 703. The molecule has 0 N–H and O–H groups in total. The van der Waals surface area contributed by atoms with E-state index in [1.807, 2.05) is 13.8 Å². The van der Waals surface area contributed by atoms with E-state index in [1.165, 1.54) is 28.6 Å². The number of rotatable bonds is 3. The fourth-order valence-electron chi connectivity index (χ4n) is 2.73. The van der Waals surface area contributed by atoms with E-state index < -0.39 is 19.1 Å². The molecule has 1 aliphatic rings. The van der Waals surface area contributed by atoms with Gasteiger partial charge in [0.1, 0.15) is 0 Å². The van der Waals surface area contributed by atoms with Crippen molar-refractivity contribution in [1.29, 1.82) is 0 Å². The molecule has 118 valence electrons. The summed E-state index contributed by atoms with van der Waals surface area (Å²) in [4.78, 5) is -0.0173. The number of sulfonamides is 1. The van der Waals surface area contributed by atoms with E-state index in [1.54, 1.807) is 0 Å². The summed E-state index contributed by atoms with van der Waals surface area (Å²) in [5, 5.41) is 0. The van der Waals surface area contributed by atoms with Gasteiger partial charge in [-0.1, -0.05) is 13.8 Å². The van der Waals surface area contributed by atoms with Crippen molar-refractivity contribution in [3.05, 3.63) is 24.3 Å². The molecule has 2 rings (SSSR count). The average molecular weight is 352 g/mol. The summed E-state index contributed by atoms with van der Waals surface area (Å²) >= 11 is 0. The van der Waals surface area contributed by atoms with Crippen LogP contribution in [0.25, 0.3) is 0 Å². The van der Waals surface area contributed by atoms with Crippen molar-refractivity contribution in [3.63, 3.8) is 0 Å². The van der Waals surface area contributed by atoms with Gasteiger partial charge in [-0.05, 0) is 42.5 Å². The van der Waals surface area contributed by atoms with Gasteiger partial charge >= 0.3 is 0 Å². The summed E-state index contributed by atoms with van der Waals surface area (Å²) in [5.74, 6) is 0.622. The molecular weight excluding hydrogens is 334 g/mol. The summed E-state index contributed by atoms with van der Waals surface area (Å²) in [6.45, 7) is 5.03. The maximum atomic E-state index is 12.6. The second-order valence-electron chi connectivity index (χ2n) is 5.68. The summed E-state index contributed by atoms with van der Waals surface area (Å²) in [6, 6.07) is 5.00. The summed E-state index contributed by atoms with van der Waals surface area (Å²) in [7, 11) is -2.21. The molecule has 0 spiro atoms. The van der Waals surface area contributed by atoms with Crippen LogP contribution in [-0.4, -0.2) is 34.2 Å². The van der Waals surface area contributed by atoms with E-state index in [0.717, 1.165) is 6.42 Å². The molecule has 0 saturated carbocycles. The molecule has 1 fully saturated rings. The lowest BCUT2D eigenvalue weighted by molar-refractivity contribution is 0.222. The van der Waals surface area contributed by atoms with Crippen LogP contribution in [0.15, 0.2) is 34.1 Å². The second kappa shape index (κ2) is 5.87. The molecule has 5 nitrogen and oxygen atoms in total. The van der Waals surface area contributed by atoms with Gasteiger partial charge in [0.25, 0.3) is 9.05 Å². The first-order valence-corrected chi connectivity index (χ1v) is 10.4. The van der Waals surface area contributed by atoms with Gasteiger partial charge in [-0.3, -0.25) is 0 Å². The molecule has 0 aromatic heterocycles. The van der Waals surface area contributed by atoms with Crippen LogP contribution in [0.5, 0.6) is 0 Å². The Labute approximate surface area is 130 Å². The smallest absolute Gasteiger partial charge is 0.207 e. The predicted molar refractivity (Wildman–Crippen MR) is 81.2 cm³/mol. The molecule has 0 amide bonds. The van der Waals surface area contributed by atoms with Crippen LogP contribution in [0.1, 0.15) is 20.3 Å². The maximum absolute atomic E-state index is 12.6.